The molecule has 0 aliphatic rings. The highest BCUT2D eigenvalue weighted by Gasteiger charge is 2.19. The minimum Gasteiger partial charge on any atom is -0.306 e. The normalized spacial score (nSPS) is 11.2. The first-order chi connectivity index (χ1) is 14.6. The van der Waals surface area contributed by atoms with Crippen molar-refractivity contribution in [1.29, 1.82) is 0 Å². The molecule has 0 aliphatic carbocycles. The first-order valence-corrected chi connectivity index (χ1v) is 11.7. The number of carbonyl (C=O) groups excluding carboxylic acids is 1. The standard InChI is InChI=1S/C22H23N5OS2/c1-4-26-20(13-17-8-6-5-7-9-17)24-25-22(26)30-14-19(28)18-12-15(2)27(16(18)3)21-23-10-11-29-21/h5-12H,4,13-14H2,1-3H3. The summed E-state index contributed by atoms with van der Waals surface area (Å²) in [5.74, 6) is 1.33. The Labute approximate surface area is 184 Å². The van der Waals surface area contributed by atoms with Gasteiger partial charge in [-0.05, 0) is 32.4 Å². The molecule has 6 nitrogen and oxygen atoms in total. The Morgan fingerprint density at radius 3 is 2.67 bits per heavy atom. The topological polar surface area (TPSA) is 65.6 Å². The highest BCUT2D eigenvalue weighted by Crippen LogP contribution is 2.25. The third kappa shape index (κ3) is 4.11. The van der Waals surface area contributed by atoms with Gasteiger partial charge < -0.3 is 4.57 Å². The molecule has 0 aliphatic heterocycles. The number of carbonyl (C=O) groups is 1. The molecule has 4 aromatic rings. The minimum absolute atomic E-state index is 0.0890. The molecule has 3 heterocycles. The fourth-order valence-electron chi connectivity index (χ4n) is 3.53. The van der Waals surface area contributed by atoms with E-state index in [-0.39, 0.29) is 5.78 Å². The van der Waals surface area contributed by atoms with E-state index in [1.54, 1.807) is 17.5 Å². The summed E-state index contributed by atoms with van der Waals surface area (Å²) in [6.07, 6.45) is 2.51. The monoisotopic (exact) mass is 437 g/mol. The number of ketones is 1. The van der Waals surface area contributed by atoms with Crippen molar-refractivity contribution in [2.75, 3.05) is 5.75 Å². The second-order valence-electron chi connectivity index (χ2n) is 6.95. The van der Waals surface area contributed by atoms with E-state index in [0.29, 0.717) is 5.75 Å². The third-order valence-corrected chi connectivity index (χ3v) is 6.71. The fraction of sp³-hybridized carbons (Fsp3) is 0.273. The molecule has 0 amide bonds. The van der Waals surface area contributed by atoms with Crippen LogP contribution in [0.2, 0.25) is 0 Å². The van der Waals surface area contributed by atoms with E-state index in [9.17, 15) is 4.79 Å². The van der Waals surface area contributed by atoms with Crippen molar-refractivity contribution in [2.24, 2.45) is 0 Å². The average Bonchev–Trinajstić information content (AvgIpc) is 3.46. The maximum Gasteiger partial charge on any atom is 0.193 e. The molecule has 0 bridgehead atoms. The van der Waals surface area contributed by atoms with Gasteiger partial charge in [-0.2, -0.15) is 0 Å². The van der Waals surface area contributed by atoms with E-state index in [1.807, 2.05) is 48.1 Å². The van der Waals surface area contributed by atoms with E-state index in [4.69, 9.17) is 0 Å². The lowest BCUT2D eigenvalue weighted by Crippen LogP contribution is -2.08. The van der Waals surface area contributed by atoms with E-state index in [0.717, 1.165) is 46.0 Å². The smallest absolute Gasteiger partial charge is 0.193 e. The third-order valence-electron chi connectivity index (χ3n) is 4.99. The Bertz CT molecular complexity index is 1150. The zero-order valence-corrected chi connectivity index (χ0v) is 18.8. The van der Waals surface area contributed by atoms with Gasteiger partial charge in [-0.25, -0.2) is 4.98 Å². The molecule has 154 valence electrons. The summed E-state index contributed by atoms with van der Waals surface area (Å²) >= 11 is 3.01. The molecule has 0 saturated heterocycles. The van der Waals surface area contributed by atoms with Crippen LogP contribution in [-0.2, 0) is 13.0 Å². The van der Waals surface area contributed by atoms with Crippen LogP contribution < -0.4 is 0 Å². The maximum absolute atomic E-state index is 13.0. The van der Waals surface area contributed by atoms with Crippen molar-refractivity contribution in [1.82, 2.24) is 24.3 Å². The summed E-state index contributed by atoms with van der Waals surface area (Å²) in [5.41, 5.74) is 3.87. The number of nitrogens with zero attached hydrogens (tertiary/aromatic N) is 5. The number of benzene rings is 1. The quantitative estimate of drug-likeness (QED) is 0.295. The number of aromatic nitrogens is 5. The largest absolute Gasteiger partial charge is 0.306 e. The Kier molecular flexibility index (Phi) is 6.15. The van der Waals surface area contributed by atoms with Crippen molar-refractivity contribution in [3.63, 3.8) is 0 Å². The van der Waals surface area contributed by atoms with Crippen LogP contribution >= 0.6 is 23.1 Å². The number of hydrogen-bond acceptors (Lipinski definition) is 6. The van der Waals surface area contributed by atoms with Gasteiger partial charge in [0.25, 0.3) is 0 Å². The number of thioether (sulfide) groups is 1. The van der Waals surface area contributed by atoms with Crippen LogP contribution in [0.5, 0.6) is 0 Å². The van der Waals surface area contributed by atoms with Gasteiger partial charge in [0.2, 0.25) is 0 Å². The maximum atomic E-state index is 13.0. The fourth-order valence-corrected chi connectivity index (χ4v) is 5.18. The molecule has 3 aromatic heterocycles. The minimum atomic E-state index is 0.0890. The molecule has 0 fully saturated rings. The summed E-state index contributed by atoms with van der Waals surface area (Å²) < 4.78 is 4.12. The molecule has 0 radical (unpaired) electrons. The highest BCUT2D eigenvalue weighted by atomic mass is 32.2. The van der Waals surface area contributed by atoms with Crippen molar-refractivity contribution in [3.8, 4) is 5.13 Å². The zero-order valence-electron chi connectivity index (χ0n) is 17.2. The molecule has 8 heteroatoms. The molecular weight excluding hydrogens is 414 g/mol. The second-order valence-corrected chi connectivity index (χ2v) is 8.77. The lowest BCUT2D eigenvalue weighted by Gasteiger charge is -2.08. The summed E-state index contributed by atoms with van der Waals surface area (Å²) in [5, 5.41) is 12.3. The molecular formula is C22H23N5OS2. The van der Waals surface area contributed by atoms with Gasteiger partial charge >= 0.3 is 0 Å². The molecule has 0 spiro atoms. The van der Waals surface area contributed by atoms with E-state index in [1.165, 1.54) is 17.3 Å². The van der Waals surface area contributed by atoms with Gasteiger partial charge in [0.05, 0.1) is 5.75 Å². The van der Waals surface area contributed by atoms with Gasteiger partial charge in [-0.15, -0.1) is 21.5 Å². The highest BCUT2D eigenvalue weighted by molar-refractivity contribution is 7.99. The van der Waals surface area contributed by atoms with Crippen LogP contribution in [0.1, 0.15) is 40.1 Å². The van der Waals surface area contributed by atoms with E-state index in [2.05, 4.69) is 38.8 Å². The van der Waals surface area contributed by atoms with Crippen LogP contribution in [0.4, 0.5) is 0 Å². The zero-order chi connectivity index (χ0) is 21.1. The number of rotatable bonds is 8. The summed E-state index contributed by atoms with van der Waals surface area (Å²) in [7, 11) is 0. The van der Waals surface area contributed by atoms with Crippen LogP contribution in [0.25, 0.3) is 5.13 Å². The Morgan fingerprint density at radius 2 is 1.97 bits per heavy atom. The van der Waals surface area contributed by atoms with Crippen molar-refractivity contribution < 1.29 is 4.79 Å². The van der Waals surface area contributed by atoms with Gasteiger partial charge in [-0.3, -0.25) is 9.36 Å². The molecule has 0 atom stereocenters. The molecule has 1 aromatic carbocycles. The number of aryl methyl sites for hydroxylation is 1. The van der Waals surface area contributed by atoms with Crippen molar-refractivity contribution in [3.05, 3.63) is 76.3 Å². The molecule has 0 unspecified atom stereocenters. The molecule has 4 rings (SSSR count). The van der Waals surface area contributed by atoms with Gasteiger partial charge in [0.15, 0.2) is 16.1 Å². The second kappa shape index (κ2) is 8.97. The van der Waals surface area contributed by atoms with Crippen molar-refractivity contribution >= 4 is 28.9 Å². The van der Waals surface area contributed by atoms with E-state index < -0.39 is 0 Å². The van der Waals surface area contributed by atoms with E-state index >= 15 is 0 Å². The van der Waals surface area contributed by atoms with Crippen LogP contribution in [0.3, 0.4) is 0 Å². The Hall–Kier alpha value is -2.71. The molecule has 30 heavy (non-hydrogen) atoms. The van der Waals surface area contributed by atoms with Crippen LogP contribution in [0.15, 0.2) is 53.1 Å². The predicted octanol–water partition coefficient (Wildman–Crippen LogP) is 4.73. The number of hydrogen-bond donors (Lipinski definition) is 0. The Balaban J connectivity index is 1.49. The average molecular weight is 438 g/mol. The number of thiazole rings is 1. The summed E-state index contributed by atoms with van der Waals surface area (Å²) in [6, 6.07) is 12.2. The molecule has 0 saturated carbocycles. The molecule has 0 N–H and O–H groups in total. The lowest BCUT2D eigenvalue weighted by molar-refractivity contribution is 0.102. The van der Waals surface area contributed by atoms with Gasteiger partial charge in [0, 0.05) is 41.5 Å². The lowest BCUT2D eigenvalue weighted by atomic mass is 10.1. The first kappa shape index (κ1) is 20.6. The van der Waals surface area contributed by atoms with Crippen molar-refractivity contribution in [2.45, 2.75) is 38.9 Å². The SMILES string of the molecule is CCn1c(Cc2ccccc2)nnc1SCC(=O)c1cc(C)n(-c2nccs2)c1C. The Morgan fingerprint density at radius 1 is 1.17 bits per heavy atom. The first-order valence-electron chi connectivity index (χ1n) is 9.79. The van der Waals surface area contributed by atoms with Gasteiger partial charge in [-0.1, -0.05) is 42.1 Å². The summed E-state index contributed by atoms with van der Waals surface area (Å²) in [6.45, 7) is 6.82. The number of Topliss-reactive ketones (excluding diaryl/α,β-unsaturated/α-hetero) is 1. The predicted molar refractivity (Wildman–Crippen MR) is 121 cm³/mol. The van der Waals surface area contributed by atoms with Gasteiger partial charge in [0.1, 0.15) is 5.82 Å². The van der Waals surface area contributed by atoms with Crippen LogP contribution in [-0.4, -0.2) is 35.9 Å². The summed E-state index contributed by atoms with van der Waals surface area (Å²) in [4.78, 5) is 17.3. The van der Waals surface area contributed by atoms with Crippen LogP contribution in [0, 0.1) is 13.8 Å².